The van der Waals surface area contributed by atoms with Gasteiger partial charge in [0.1, 0.15) is 0 Å². The van der Waals surface area contributed by atoms with Crippen molar-refractivity contribution in [1.29, 1.82) is 0 Å². The molecule has 3 aromatic rings. The van der Waals surface area contributed by atoms with Crippen LogP contribution in [0.3, 0.4) is 0 Å². The predicted octanol–water partition coefficient (Wildman–Crippen LogP) is 2.95. The number of rotatable bonds is 5. The molecule has 0 aliphatic rings. The van der Waals surface area contributed by atoms with Crippen LogP contribution >= 0.6 is 24.0 Å². The number of nitrogens with one attached hydrogen (secondary N) is 3. The highest BCUT2D eigenvalue weighted by atomic mass is 127. The van der Waals surface area contributed by atoms with E-state index in [9.17, 15) is 0 Å². The molecule has 0 aliphatic heterocycles. The van der Waals surface area contributed by atoms with Gasteiger partial charge in [-0.15, -0.1) is 24.0 Å². The molecule has 0 fully saturated rings. The van der Waals surface area contributed by atoms with Crippen LogP contribution in [-0.4, -0.2) is 29.1 Å². The Hall–Kier alpha value is -1.96. The van der Waals surface area contributed by atoms with Gasteiger partial charge in [0.05, 0.1) is 6.54 Å². The second-order valence-corrected chi connectivity index (χ2v) is 5.16. The molecule has 3 rings (SSSR count). The maximum atomic E-state index is 4.25. The van der Waals surface area contributed by atoms with Crippen molar-refractivity contribution < 1.29 is 0 Å². The summed E-state index contributed by atoms with van der Waals surface area (Å²) in [6, 6.07) is 14.5. The number of aromatic amines is 1. The van der Waals surface area contributed by atoms with Gasteiger partial charge in [-0.3, -0.25) is 4.99 Å². The minimum absolute atomic E-state index is 0. The first-order valence-electron chi connectivity index (χ1n) is 7.47. The van der Waals surface area contributed by atoms with Gasteiger partial charge in [-0.1, -0.05) is 18.2 Å². The van der Waals surface area contributed by atoms with Gasteiger partial charge in [-0.05, 0) is 29.7 Å². The monoisotopic (exact) mass is 423 g/mol. The standard InChI is InChI=1S/C17H21N5.HI/c1-18-17(19-8-11-22-9-4-5-10-22)20-13-15-12-14-6-2-3-7-16(14)21-15;/h2-7,9-10,12,21H,8,11,13H2,1H3,(H2,18,19,20);1H. The van der Waals surface area contributed by atoms with E-state index in [1.807, 2.05) is 18.2 Å². The number of hydrogen-bond acceptors (Lipinski definition) is 1. The third-order valence-corrected chi connectivity index (χ3v) is 3.58. The molecule has 0 saturated carbocycles. The first-order valence-corrected chi connectivity index (χ1v) is 7.47. The van der Waals surface area contributed by atoms with Crippen LogP contribution in [0.4, 0.5) is 0 Å². The summed E-state index contributed by atoms with van der Waals surface area (Å²) in [6.45, 7) is 2.47. The molecule has 6 heteroatoms. The minimum Gasteiger partial charge on any atom is -0.357 e. The summed E-state index contributed by atoms with van der Waals surface area (Å²) in [5.74, 6) is 0.811. The quantitative estimate of drug-likeness (QED) is 0.336. The van der Waals surface area contributed by atoms with Crippen molar-refractivity contribution in [3.8, 4) is 0 Å². The van der Waals surface area contributed by atoms with Gasteiger partial charge in [0.15, 0.2) is 5.96 Å². The summed E-state index contributed by atoms with van der Waals surface area (Å²) in [6.07, 6.45) is 4.12. The topological polar surface area (TPSA) is 57.1 Å². The summed E-state index contributed by atoms with van der Waals surface area (Å²) in [7, 11) is 1.79. The fourth-order valence-corrected chi connectivity index (χ4v) is 2.45. The van der Waals surface area contributed by atoms with Crippen LogP contribution in [-0.2, 0) is 13.1 Å². The molecule has 3 N–H and O–H groups in total. The largest absolute Gasteiger partial charge is 0.357 e. The molecule has 0 unspecified atom stereocenters. The molecule has 2 heterocycles. The minimum atomic E-state index is 0. The predicted molar refractivity (Wildman–Crippen MR) is 106 cm³/mol. The number of H-pyrrole nitrogens is 1. The third kappa shape index (κ3) is 4.75. The molecule has 0 bridgehead atoms. The molecule has 0 atom stereocenters. The zero-order valence-electron chi connectivity index (χ0n) is 13.1. The third-order valence-electron chi connectivity index (χ3n) is 3.58. The van der Waals surface area contributed by atoms with Crippen LogP contribution < -0.4 is 10.6 Å². The number of guanidine groups is 1. The molecule has 23 heavy (non-hydrogen) atoms. The zero-order valence-corrected chi connectivity index (χ0v) is 15.5. The molecular formula is C17H22IN5. The summed E-state index contributed by atoms with van der Waals surface area (Å²) < 4.78 is 2.14. The van der Waals surface area contributed by atoms with E-state index >= 15 is 0 Å². The maximum absolute atomic E-state index is 4.25. The summed E-state index contributed by atoms with van der Waals surface area (Å²) in [5, 5.41) is 7.87. The molecule has 0 amide bonds. The smallest absolute Gasteiger partial charge is 0.191 e. The van der Waals surface area contributed by atoms with Crippen molar-refractivity contribution in [3.63, 3.8) is 0 Å². The van der Waals surface area contributed by atoms with E-state index in [1.165, 1.54) is 5.39 Å². The lowest BCUT2D eigenvalue weighted by Gasteiger charge is -2.11. The highest BCUT2D eigenvalue weighted by Crippen LogP contribution is 2.14. The molecule has 122 valence electrons. The number of halogens is 1. The van der Waals surface area contributed by atoms with E-state index < -0.39 is 0 Å². The van der Waals surface area contributed by atoms with Crippen molar-refractivity contribution >= 4 is 40.8 Å². The Morgan fingerprint density at radius 2 is 1.91 bits per heavy atom. The van der Waals surface area contributed by atoms with Crippen molar-refractivity contribution in [1.82, 2.24) is 20.2 Å². The van der Waals surface area contributed by atoms with Gasteiger partial charge in [0.2, 0.25) is 0 Å². The van der Waals surface area contributed by atoms with Crippen molar-refractivity contribution in [3.05, 3.63) is 60.6 Å². The average Bonchev–Trinajstić information content (AvgIpc) is 3.19. The summed E-state index contributed by atoms with van der Waals surface area (Å²) >= 11 is 0. The zero-order chi connectivity index (χ0) is 15.2. The molecule has 1 aromatic carbocycles. The van der Waals surface area contributed by atoms with Crippen LogP contribution in [0.25, 0.3) is 10.9 Å². The van der Waals surface area contributed by atoms with Gasteiger partial charge < -0.3 is 20.2 Å². The number of fused-ring (bicyclic) bond motifs is 1. The first-order chi connectivity index (χ1) is 10.8. The molecule has 5 nitrogen and oxygen atoms in total. The van der Waals surface area contributed by atoms with Crippen molar-refractivity contribution in [2.45, 2.75) is 13.1 Å². The maximum Gasteiger partial charge on any atom is 0.191 e. The second kappa shape index (κ2) is 8.61. The van der Waals surface area contributed by atoms with Crippen LogP contribution in [0.1, 0.15) is 5.69 Å². The molecule has 0 radical (unpaired) electrons. The number of aliphatic imine (C=N–C) groups is 1. The lowest BCUT2D eigenvalue weighted by Crippen LogP contribution is -2.38. The lowest BCUT2D eigenvalue weighted by molar-refractivity contribution is 0.664. The molecule has 2 aromatic heterocycles. The second-order valence-electron chi connectivity index (χ2n) is 5.16. The fourth-order valence-electron chi connectivity index (χ4n) is 2.45. The Labute approximate surface area is 153 Å². The van der Waals surface area contributed by atoms with Crippen LogP contribution in [0.15, 0.2) is 59.9 Å². The van der Waals surface area contributed by atoms with Crippen LogP contribution in [0.5, 0.6) is 0 Å². The molecule has 0 aliphatic carbocycles. The normalized spacial score (nSPS) is 11.3. The number of para-hydroxylation sites is 1. The summed E-state index contributed by atoms with van der Waals surface area (Å²) in [5.41, 5.74) is 2.31. The SMILES string of the molecule is CN=C(NCCn1cccc1)NCc1cc2ccccc2[nH]1.I. The van der Waals surface area contributed by atoms with E-state index in [1.54, 1.807) is 7.05 Å². The van der Waals surface area contributed by atoms with Crippen molar-refractivity contribution in [2.24, 2.45) is 4.99 Å². The highest BCUT2D eigenvalue weighted by Gasteiger charge is 2.01. The Bertz CT molecular complexity index is 712. The lowest BCUT2D eigenvalue weighted by atomic mass is 10.2. The Morgan fingerprint density at radius 3 is 2.65 bits per heavy atom. The number of hydrogen-bond donors (Lipinski definition) is 3. The molecule has 0 spiro atoms. The van der Waals surface area contributed by atoms with E-state index in [2.05, 4.69) is 61.8 Å². The number of benzene rings is 1. The summed E-state index contributed by atoms with van der Waals surface area (Å²) in [4.78, 5) is 7.65. The number of nitrogens with zero attached hydrogens (tertiary/aromatic N) is 2. The Morgan fingerprint density at radius 1 is 1.13 bits per heavy atom. The van der Waals surface area contributed by atoms with Crippen molar-refractivity contribution in [2.75, 3.05) is 13.6 Å². The van der Waals surface area contributed by atoms with Gasteiger partial charge in [-0.25, -0.2) is 0 Å². The van der Waals surface area contributed by atoms with Crippen LogP contribution in [0.2, 0.25) is 0 Å². The van der Waals surface area contributed by atoms with Gasteiger partial charge in [0.25, 0.3) is 0 Å². The number of aromatic nitrogens is 2. The molecular weight excluding hydrogens is 401 g/mol. The van der Waals surface area contributed by atoms with E-state index in [-0.39, 0.29) is 24.0 Å². The average molecular weight is 423 g/mol. The van der Waals surface area contributed by atoms with Gasteiger partial charge in [-0.2, -0.15) is 0 Å². The molecule has 0 saturated heterocycles. The highest BCUT2D eigenvalue weighted by molar-refractivity contribution is 14.0. The Balaban J connectivity index is 0.00000192. The Kier molecular flexibility index (Phi) is 6.52. The van der Waals surface area contributed by atoms with E-state index in [0.717, 1.165) is 36.8 Å². The van der Waals surface area contributed by atoms with Crippen LogP contribution in [0, 0.1) is 0 Å². The fraction of sp³-hybridized carbons (Fsp3) is 0.235. The van der Waals surface area contributed by atoms with E-state index in [4.69, 9.17) is 0 Å². The van der Waals surface area contributed by atoms with E-state index in [0.29, 0.717) is 0 Å². The first kappa shape index (κ1) is 17.4. The van der Waals surface area contributed by atoms with Gasteiger partial charge in [0, 0.05) is 43.7 Å². The van der Waals surface area contributed by atoms with Gasteiger partial charge >= 0.3 is 0 Å².